The first-order valence-electron chi connectivity index (χ1n) is 11.8. The molecule has 1 aromatic heterocycles. The maximum Gasteiger partial charge on any atom is 0.307 e. The molecule has 0 fully saturated rings. The molecular weight excluding hydrogens is 390 g/mol. The number of esters is 1. The Kier molecular flexibility index (Phi) is 9.25. The maximum absolute atomic E-state index is 11.9. The highest BCUT2D eigenvalue weighted by Crippen LogP contribution is 2.41. The standard InChI is InChI=1S/C25H37N3O3/c1-3-5-6-7-17-31-22-10-11-24-23(18-22)21(9-8-14-27-16-13-26-20-27)19-28(24)15-12-25(29)30-4-2/h10-11,13,16,18,20-21H,3-9,12,14-15,17,19H2,1-2H3. The Hall–Kier alpha value is -2.50. The lowest BCUT2D eigenvalue weighted by molar-refractivity contribution is -0.142. The lowest BCUT2D eigenvalue weighted by atomic mass is 9.96. The summed E-state index contributed by atoms with van der Waals surface area (Å²) in [7, 11) is 0. The van der Waals surface area contributed by atoms with E-state index < -0.39 is 0 Å². The van der Waals surface area contributed by atoms with Crippen LogP contribution in [0.2, 0.25) is 0 Å². The first kappa shape index (κ1) is 23.2. The molecule has 0 radical (unpaired) electrons. The zero-order valence-electron chi connectivity index (χ0n) is 19.1. The van der Waals surface area contributed by atoms with Crippen LogP contribution in [0.25, 0.3) is 0 Å². The molecule has 1 aromatic carbocycles. The van der Waals surface area contributed by atoms with Crippen LogP contribution in [0.1, 0.15) is 70.3 Å². The molecular formula is C25H37N3O3. The number of hydrogen-bond acceptors (Lipinski definition) is 5. The fraction of sp³-hybridized carbons (Fsp3) is 0.600. The van der Waals surface area contributed by atoms with Crippen LogP contribution in [-0.2, 0) is 16.1 Å². The summed E-state index contributed by atoms with van der Waals surface area (Å²) in [6.07, 6.45) is 13.2. The van der Waals surface area contributed by atoms with Crippen LogP contribution in [-0.4, -0.2) is 41.8 Å². The lowest BCUT2D eigenvalue weighted by Crippen LogP contribution is -2.25. The number of carbonyl (C=O) groups is 1. The second-order valence-corrected chi connectivity index (χ2v) is 8.27. The Balaban J connectivity index is 1.62. The van der Waals surface area contributed by atoms with E-state index in [4.69, 9.17) is 9.47 Å². The van der Waals surface area contributed by atoms with E-state index in [1.54, 1.807) is 0 Å². The van der Waals surface area contributed by atoms with E-state index in [9.17, 15) is 4.79 Å². The van der Waals surface area contributed by atoms with Gasteiger partial charge in [-0.05, 0) is 49.9 Å². The van der Waals surface area contributed by atoms with Crippen molar-refractivity contribution in [1.29, 1.82) is 0 Å². The number of ether oxygens (including phenoxy) is 2. The summed E-state index contributed by atoms with van der Waals surface area (Å²) in [5, 5.41) is 0. The number of aryl methyl sites for hydroxylation is 1. The third-order valence-electron chi connectivity index (χ3n) is 5.91. The second-order valence-electron chi connectivity index (χ2n) is 8.27. The van der Waals surface area contributed by atoms with E-state index in [0.717, 1.165) is 44.7 Å². The van der Waals surface area contributed by atoms with E-state index in [1.807, 2.05) is 25.6 Å². The molecule has 1 aliphatic rings. The summed E-state index contributed by atoms with van der Waals surface area (Å²) in [5.74, 6) is 1.28. The smallest absolute Gasteiger partial charge is 0.307 e. The van der Waals surface area contributed by atoms with Gasteiger partial charge in [-0.2, -0.15) is 0 Å². The summed E-state index contributed by atoms with van der Waals surface area (Å²) < 4.78 is 13.3. The zero-order valence-corrected chi connectivity index (χ0v) is 19.1. The molecule has 0 N–H and O–H groups in total. The maximum atomic E-state index is 11.9. The topological polar surface area (TPSA) is 56.6 Å². The van der Waals surface area contributed by atoms with E-state index in [-0.39, 0.29) is 5.97 Å². The Labute approximate surface area is 186 Å². The Morgan fingerprint density at radius 2 is 2.06 bits per heavy atom. The number of unbranched alkanes of at least 4 members (excludes halogenated alkanes) is 3. The summed E-state index contributed by atoms with van der Waals surface area (Å²) in [4.78, 5) is 18.3. The molecule has 1 atom stereocenters. The third-order valence-corrected chi connectivity index (χ3v) is 5.91. The van der Waals surface area contributed by atoms with Crippen molar-refractivity contribution < 1.29 is 14.3 Å². The molecule has 31 heavy (non-hydrogen) atoms. The Bertz CT molecular complexity index is 791. The SMILES string of the molecule is CCCCCCOc1ccc2c(c1)C(CCCn1ccnc1)CN2CCC(=O)OCC. The van der Waals surface area contributed by atoms with E-state index >= 15 is 0 Å². The van der Waals surface area contributed by atoms with Gasteiger partial charge in [-0.25, -0.2) is 4.98 Å². The average molecular weight is 428 g/mol. The van der Waals surface area contributed by atoms with Crippen molar-refractivity contribution in [2.75, 3.05) is 31.2 Å². The second kappa shape index (κ2) is 12.4. The van der Waals surface area contributed by atoms with Crippen molar-refractivity contribution >= 4 is 11.7 Å². The molecule has 2 heterocycles. The minimum atomic E-state index is -0.125. The zero-order chi connectivity index (χ0) is 21.9. The molecule has 0 spiro atoms. The number of imidazole rings is 1. The third kappa shape index (κ3) is 7.01. The predicted molar refractivity (Wildman–Crippen MR) is 124 cm³/mol. The first-order chi connectivity index (χ1) is 15.2. The van der Waals surface area contributed by atoms with Crippen molar-refractivity contribution in [3.8, 4) is 5.75 Å². The van der Waals surface area contributed by atoms with Gasteiger partial charge in [0.2, 0.25) is 0 Å². The van der Waals surface area contributed by atoms with Crippen LogP contribution in [0.4, 0.5) is 5.69 Å². The van der Waals surface area contributed by atoms with Crippen LogP contribution in [0, 0.1) is 0 Å². The van der Waals surface area contributed by atoms with Gasteiger partial charge in [0.15, 0.2) is 0 Å². The van der Waals surface area contributed by atoms with Gasteiger partial charge in [-0.3, -0.25) is 4.79 Å². The van der Waals surface area contributed by atoms with Gasteiger partial charge in [-0.15, -0.1) is 0 Å². The number of rotatable bonds is 14. The number of nitrogens with zero attached hydrogens (tertiary/aromatic N) is 3. The number of benzene rings is 1. The van der Waals surface area contributed by atoms with Gasteiger partial charge in [-0.1, -0.05) is 26.2 Å². The fourth-order valence-electron chi connectivity index (χ4n) is 4.28. The van der Waals surface area contributed by atoms with Crippen molar-refractivity contribution in [1.82, 2.24) is 9.55 Å². The number of carbonyl (C=O) groups excluding carboxylic acids is 1. The molecule has 0 saturated carbocycles. The monoisotopic (exact) mass is 427 g/mol. The molecule has 6 nitrogen and oxygen atoms in total. The van der Waals surface area contributed by atoms with Gasteiger partial charge in [0, 0.05) is 43.6 Å². The van der Waals surface area contributed by atoms with Gasteiger partial charge < -0.3 is 18.9 Å². The molecule has 0 bridgehead atoms. The van der Waals surface area contributed by atoms with Crippen molar-refractivity contribution in [3.05, 3.63) is 42.5 Å². The van der Waals surface area contributed by atoms with Gasteiger partial charge in [0.05, 0.1) is 26.0 Å². The summed E-state index contributed by atoms with van der Waals surface area (Å²) in [5.41, 5.74) is 2.58. The molecule has 1 unspecified atom stereocenters. The van der Waals surface area contributed by atoms with E-state index in [1.165, 1.54) is 30.5 Å². The number of hydrogen-bond donors (Lipinski definition) is 0. The van der Waals surface area contributed by atoms with Crippen molar-refractivity contribution in [3.63, 3.8) is 0 Å². The van der Waals surface area contributed by atoms with Crippen molar-refractivity contribution in [2.24, 2.45) is 0 Å². The highest BCUT2D eigenvalue weighted by Gasteiger charge is 2.29. The van der Waals surface area contributed by atoms with E-state index in [2.05, 4.69) is 39.6 Å². The predicted octanol–water partition coefficient (Wildman–Crippen LogP) is 5.18. The minimum Gasteiger partial charge on any atom is -0.494 e. The Morgan fingerprint density at radius 1 is 1.16 bits per heavy atom. The first-order valence-corrected chi connectivity index (χ1v) is 11.8. The van der Waals surface area contributed by atoms with Crippen LogP contribution in [0.5, 0.6) is 5.75 Å². The number of aromatic nitrogens is 2. The van der Waals surface area contributed by atoms with Gasteiger partial charge in [0.1, 0.15) is 5.75 Å². The fourth-order valence-corrected chi connectivity index (χ4v) is 4.28. The van der Waals surface area contributed by atoms with Crippen molar-refractivity contribution in [2.45, 2.75) is 71.3 Å². The summed E-state index contributed by atoms with van der Waals surface area (Å²) in [6, 6.07) is 6.46. The molecule has 2 aromatic rings. The normalized spacial score (nSPS) is 15.2. The van der Waals surface area contributed by atoms with Crippen LogP contribution < -0.4 is 9.64 Å². The number of fused-ring (bicyclic) bond motifs is 1. The quantitative estimate of drug-likeness (QED) is 0.307. The Morgan fingerprint density at radius 3 is 2.84 bits per heavy atom. The lowest BCUT2D eigenvalue weighted by Gasteiger charge is -2.19. The highest BCUT2D eigenvalue weighted by atomic mass is 16.5. The number of anilines is 1. The van der Waals surface area contributed by atoms with Gasteiger partial charge >= 0.3 is 5.97 Å². The van der Waals surface area contributed by atoms with Crippen LogP contribution in [0.15, 0.2) is 36.9 Å². The minimum absolute atomic E-state index is 0.125. The molecule has 0 saturated heterocycles. The molecule has 3 rings (SSSR count). The summed E-state index contributed by atoms with van der Waals surface area (Å²) in [6.45, 7) is 7.90. The molecule has 0 aliphatic carbocycles. The van der Waals surface area contributed by atoms with Crippen LogP contribution >= 0.6 is 0 Å². The molecule has 6 heteroatoms. The van der Waals surface area contributed by atoms with E-state index in [0.29, 0.717) is 25.5 Å². The molecule has 0 amide bonds. The molecule has 1 aliphatic heterocycles. The average Bonchev–Trinajstić information content (AvgIpc) is 3.40. The highest BCUT2D eigenvalue weighted by molar-refractivity contribution is 5.71. The molecule has 170 valence electrons. The largest absolute Gasteiger partial charge is 0.494 e. The van der Waals surface area contributed by atoms with Crippen LogP contribution in [0.3, 0.4) is 0 Å². The summed E-state index contributed by atoms with van der Waals surface area (Å²) >= 11 is 0. The van der Waals surface area contributed by atoms with Gasteiger partial charge in [0.25, 0.3) is 0 Å².